The molecule has 6 nitrogen and oxygen atoms in total. The average molecular weight is 264 g/mol. The number of rotatable bonds is 3. The maximum Gasteiger partial charge on any atom is 0.292 e. The minimum atomic E-state index is -0.446. The van der Waals surface area contributed by atoms with Gasteiger partial charge >= 0.3 is 0 Å². The first-order chi connectivity index (χ1) is 9.02. The number of nitrogen functional groups attached to an aromatic ring is 1. The Hall–Kier alpha value is -1.82. The van der Waals surface area contributed by atoms with E-state index >= 15 is 0 Å². The van der Waals surface area contributed by atoms with Crippen LogP contribution in [-0.4, -0.2) is 42.5 Å². The molecule has 0 aromatic heterocycles. The first-order valence-electron chi connectivity index (χ1n) is 6.52. The summed E-state index contributed by atoms with van der Waals surface area (Å²) < 4.78 is 0. The third-order valence-corrected chi connectivity index (χ3v) is 3.82. The van der Waals surface area contributed by atoms with E-state index in [1.54, 1.807) is 12.1 Å². The third-order valence-electron chi connectivity index (χ3n) is 3.82. The fraction of sp³-hybridized carbons (Fsp3) is 0.538. The SMILES string of the molecule is CCC1CN(c2ccc([N+](=O)[O-])c(N)c2)CCN1C. The van der Waals surface area contributed by atoms with Crippen molar-refractivity contribution in [2.45, 2.75) is 19.4 Å². The van der Waals surface area contributed by atoms with E-state index in [1.807, 2.05) is 0 Å². The predicted molar refractivity (Wildman–Crippen MR) is 76.4 cm³/mol. The van der Waals surface area contributed by atoms with Crippen LogP contribution in [0.25, 0.3) is 0 Å². The second-order valence-electron chi connectivity index (χ2n) is 4.99. The molecule has 1 aliphatic heterocycles. The second-order valence-corrected chi connectivity index (χ2v) is 4.99. The van der Waals surface area contributed by atoms with Crippen molar-refractivity contribution < 1.29 is 4.92 Å². The zero-order valence-electron chi connectivity index (χ0n) is 11.4. The molecule has 1 aromatic carbocycles. The average Bonchev–Trinajstić information content (AvgIpc) is 2.38. The monoisotopic (exact) mass is 264 g/mol. The Morgan fingerprint density at radius 2 is 2.21 bits per heavy atom. The largest absolute Gasteiger partial charge is 0.393 e. The lowest BCUT2D eigenvalue weighted by Gasteiger charge is -2.40. The van der Waals surface area contributed by atoms with E-state index in [-0.39, 0.29) is 11.4 Å². The molecule has 1 saturated heterocycles. The van der Waals surface area contributed by atoms with Crippen LogP contribution in [0.5, 0.6) is 0 Å². The maximum atomic E-state index is 10.8. The van der Waals surface area contributed by atoms with Gasteiger partial charge < -0.3 is 10.6 Å². The standard InChI is InChI=1S/C13H20N4O2/c1-3-10-9-16(7-6-15(10)2)11-4-5-13(17(18)19)12(14)8-11/h4-5,8,10H,3,6-7,9,14H2,1-2H3. The lowest BCUT2D eigenvalue weighted by molar-refractivity contribution is -0.383. The van der Waals surface area contributed by atoms with Gasteiger partial charge in [-0.25, -0.2) is 0 Å². The number of nitrogens with two attached hydrogens (primary N) is 1. The van der Waals surface area contributed by atoms with E-state index in [2.05, 4.69) is 23.8 Å². The van der Waals surface area contributed by atoms with Gasteiger partial charge in [0, 0.05) is 37.4 Å². The molecule has 19 heavy (non-hydrogen) atoms. The molecule has 0 radical (unpaired) electrons. The molecule has 1 heterocycles. The van der Waals surface area contributed by atoms with Crippen LogP contribution in [0.2, 0.25) is 0 Å². The molecule has 104 valence electrons. The summed E-state index contributed by atoms with van der Waals surface area (Å²) in [5, 5.41) is 10.8. The van der Waals surface area contributed by atoms with E-state index in [0.29, 0.717) is 6.04 Å². The molecule has 1 aliphatic rings. The topological polar surface area (TPSA) is 75.6 Å². The van der Waals surface area contributed by atoms with Crippen molar-refractivity contribution in [3.05, 3.63) is 28.3 Å². The normalized spacial score (nSPS) is 20.5. The van der Waals surface area contributed by atoms with Gasteiger partial charge in [0.25, 0.3) is 5.69 Å². The maximum absolute atomic E-state index is 10.8. The summed E-state index contributed by atoms with van der Waals surface area (Å²) in [6.07, 6.45) is 1.09. The van der Waals surface area contributed by atoms with E-state index in [9.17, 15) is 10.1 Å². The van der Waals surface area contributed by atoms with Crippen LogP contribution in [0, 0.1) is 10.1 Å². The van der Waals surface area contributed by atoms with Crippen molar-refractivity contribution in [2.24, 2.45) is 0 Å². The van der Waals surface area contributed by atoms with Gasteiger partial charge in [0.05, 0.1) is 4.92 Å². The van der Waals surface area contributed by atoms with Crippen molar-refractivity contribution in [3.8, 4) is 0 Å². The van der Waals surface area contributed by atoms with Gasteiger partial charge in [-0.3, -0.25) is 15.0 Å². The third kappa shape index (κ3) is 2.78. The molecule has 0 spiro atoms. The molecular weight excluding hydrogens is 244 g/mol. The zero-order chi connectivity index (χ0) is 14.0. The molecule has 0 bridgehead atoms. The first kappa shape index (κ1) is 13.6. The Morgan fingerprint density at radius 1 is 1.47 bits per heavy atom. The zero-order valence-corrected chi connectivity index (χ0v) is 11.4. The molecule has 1 aromatic rings. The number of hydrogen-bond acceptors (Lipinski definition) is 5. The van der Waals surface area contributed by atoms with E-state index < -0.39 is 4.92 Å². The molecule has 0 amide bonds. The number of benzene rings is 1. The van der Waals surface area contributed by atoms with Crippen LogP contribution in [-0.2, 0) is 0 Å². The lowest BCUT2D eigenvalue weighted by Crippen LogP contribution is -2.51. The fourth-order valence-electron chi connectivity index (χ4n) is 2.53. The number of piperazine rings is 1. The molecule has 1 fully saturated rings. The van der Waals surface area contributed by atoms with E-state index in [0.717, 1.165) is 31.7 Å². The molecule has 2 N–H and O–H groups in total. The molecule has 2 rings (SSSR count). The van der Waals surface area contributed by atoms with Crippen molar-refractivity contribution in [3.63, 3.8) is 0 Å². The summed E-state index contributed by atoms with van der Waals surface area (Å²) in [4.78, 5) is 14.9. The number of nitro groups is 1. The highest BCUT2D eigenvalue weighted by Crippen LogP contribution is 2.28. The van der Waals surface area contributed by atoms with E-state index in [4.69, 9.17) is 5.73 Å². The second kappa shape index (κ2) is 5.44. The van der Waals surface area contributed by atoms with Crippen LogP contribution in [0.4, 0.5) is 17.1 Å². The molecule has 6 heteroatoms. The number of nitro benzene ring substituents is 1. The summed E-state index contributed by atoms with van der Waals surface area (Å²) in [7, 11) is 2.13. The van der Waals surface area contributed by atoms with Gasteiger partial charge in [-0.1, -0.05) is 6.92 Å². The lowest BCUT2D eigenvalue weighted by atomic mass is 10.1. The number of nitrogens with zero attached hydrogens (tertiary/aromatic N) is 3. The van der Waals surface area contributed by atoms with Crippen molar-refractivity contribution in [2.75, 3.05) is 37.3 Å². The summed E-state index contributed by atoms with van der Waals surface area (Å²) in [5.41, 5.74) is 6.92. The van der Waals surface area contributed by atoms with Gasteiger partial charge in [0.2, 0.25) is 0 Å². The molecule has 0 saturated carbocycles. The molecule has 1 unspecified atom stereocenters. The molecular formula is C13H20N4O2. The highest BCUT2D eigenvalue weighted by atomic mass is 16.6. The highest BCUT2D eigenvalue weighted by Gasteiger charge is 2.24. The Labute approximate surface area is 112 Å². The first-order valence-corrected chi connectivity index (χ1v) is 6.52. The quantitative estimate of drug-likeness (QED) is 0.511. The smallest absolute Gasteiger partial charge is 0.292 e. The highest BCUT2D eigenvalue weighted by molar-refractivity contribution is 5.66. The van der Waals surface area contributed by atoms with Crippen molar-refractivity contribution >= 4 is 17.1 Å². The Morgan fingerprint density at radius 3 is 2.79 bits per heavy atom. The Kier molecular flexibility index (Phi) is 3.90. The fourth-order valence-corrected chi connectivity index (χ4v) is 2.53. The minimum Gasteiger partial charge on any atom is -0.393 e. The number of hydrogen-bond donors (Lipinski definition) is 1. The van der Waals surface area contributed by atoms with Crippen LogP contribution in [0.15, 0.2) is 18.2 Å². The minimum absolute atomic E-state index is 0.0232. The van der Waals surface area contributed by atoms with E-state index in [1.165, 1.54) is 6.07 Å². The number of likely N-dealkylation sites (N-methyl/N-ethyl adjacent to an activating group) is 1. The van der Waals surface area contributed by atoms with Crippen LogP contribution in [0.1, 0.15) is 13.3 Å². The van der Waals surface area contributed by atoms with Gasteiger partial charge in [-0.2, -0.15) is 0 Å². The van der Waals surface area contributed by atoms with Gasteiger partial charge in [-0.05, 0) is 25.6 Å². The van der Waals surface area contributed by atoms with Gasteiger partial charge in [-0.15, -0.1) is 0 Å². The van der Waals surface area contributed by atoms with Crippen LogP contribution >= 0.6 is 0 Å². The summed E-state index contributed by atoms with van der Waals surface area (Å²) in [6, 6.07) is 5.50. The van der Waals surface area contributed by atoms with Gasteiger partial charge in [0.15, 0.2) is 0 Å². The Balaban J connectivity index is 2.18. The Bertz CT molecular complexity index is 478. The molecule has 0 aliphatic carbocycles. The summed E-state index contributed by atoms with van der Waals surface area (Å²) in [6.45, 7) is 5.03. The van der Waals surface area contributed by atoms with Crippen LogP contribution in [0.3, 0.4) is 0 Å². The predicted octanol–water partition coefficient (Wildman–Crippen LogP) is 1.71. The van der Waals surface area contributed by atoms with Crippen LogP contribution < -0.4 is 10.6 Å². The number of anilines is 2. The summed E-state index contributed by atoms with van der Waals surface area (Å²) >= 11 is 0. The molecule has 1 atom stereocenters. The summed E-state index contributed by atoms with van der Waals surface area (Å²) in [5.74, 6) is 0. The van der Waals surface area contributed by atoms with Crippen molar-refractivity contribution in [1.82, 2.24) is 4.90 Å². The van der Waals surface area contributed by atoms with Gasteiger partial charge in [0.1, 0.15) is 5.69 Å². The van der Waals surface area contributed by atoms with Crippen molar-refractivity contribution in [1.29, 1.82) is 0 Å².